The molecule has 0 unspecified atom stereocenters. The standard InChI is InChI=1S/C13H14/c1-10-9-12-7-5-3-4-6-8-13(12)11(10)2/h3-8H,9H2,1-2H3. The van der Waals surface area contributed by atoms with Gasteiger partial charge in [0.1, 0.15) is 0 Å². The molecule has 0 aromatic carbocycles. The molecule has 13 heavy (non-hydrogen) atoms. The van der Waals surface area contributed by atoms with Crippen LogP contribution < -0.4 is 0 Å². The maximum absolute atomic E-state index is 2.22. The summed E-state index contributed by atoms with van der Waals surface area (Å²) in [6.07, 6.45) is 13.9. The van der Waals surface area contributed by atoms with Crippen LogP contribution in [0.5, 0.6) is 0 Å². The zero-order valence-corrected chi connectivity index (χ0v) is 8.17. The Kier molecular flexibility index (Phi) is 2.05. The van der Waals surface area contributed by atoms with Crippen molar-refractivity contribution in [3.05, 3.63) is 58.7 Å². The Balaban J connectivity index is 2.44. The SMILES string of the molecule is CC1=C(C)C2=C(C=CC=CC=C2)C1. The van der Waals surface area contributed by atoms with Crippen molar-refractivity contribution >= 4 is 0 Å². The van der Waals surface area contributed by atoms with Gasteiger partial charge in [-0.25, -0.2) is 0 Å². The van der Waals surface area contributed by atoms with Gasteiger partial charge in [0.05, 0.1) is 0 Å². The van der Waals surface area contributed by atoms with Crippen LogP contribution in [0.2, 0.25) is 0 Å². The van der Waals surface area contributed by atoms with Crippen molar-refractivity contribution in [3.8, 4) is 0 Å². The van der Waals surface area contributed by atoms with Gasteiger partial charge < -0.3 is 0 Å². The van der Waals surface area contributed by atoms with Crippen molar-refractivity contribution in [1.29, 1.82) is 0 Å². The van der Waals surface area contributed by atoms with Gasteiger partial charge in [0.2, 0.25) is 0 Å². The summed E-state index contributed by atoms with van der Waals surface area (Å²) in [5.41, 5.74) is 5.82. The first-order valence-corrected chi connectivity index (χ1v) is 4.70. The Hall–Kier alpha value is -1.30. The molecule has 0 bridgehead atoms. The Morgan fingerprint density at radius 3 is 2.38 bits per heavy atom. The highest BCUT2D eigenvalue weighted by Crippen LogP contribution is 2.33. The summed E-state index contributed by atoms with van der Waals surface area (Å²) in [6, 6.07) is 0. The van der Waals surface area contributed by atoms with Crippen LogP contribution >= 0.6 is 0 Å². The topological polar surface area (TPSA) is 0 Å². The molecule has 0 N–H and O–H groups in total. The molecule has 0 saturated heterocycles. The van der Waals surface area contributed by atoms with Crippen LogP contribution in [-0.2, 0) is 0 Å². The molecule has 0 fully saturated rings. The maximum atomic E-state index is 2.22. The highest BCUT2D eigenvalue weighted by atomic mass is 14.2. The Bertz CT molecular complexity index is 371. The van der Waals surface area contributed by atoms with E-state index in [-0.39, 0.29) is 0 Å². The van der Waals surface area contributed by atoms with Crippen LogP contribution in [0.15, 0.2) is 58.7 Å². The Morgan fingerprint density at radius 1 is 0.923 bits per heavy atom. The molecule has 0 amide bonds. The van der Waals surface area contributed by atoms with E-state index in [1.54, 1.807) is 0 Å². The Morgan fingerprint density at radius 2 is 1.62 bits per heavy atom. The van der Waals surface area contributed by atoms with Gasteiger partial charge >= 0.3 is 0 Å². The largest absolute Gasteiger partial charge is 0.0654 e. The van der Waals surface area contributed by atoms with E-state index >= 15 is 0 Å². The van der Waals surface area contributed by atoms with Crippen molar-refractivity contribution < 1.29 is 0 Å². The minimum absolute atomic E-state index is 1.12. The summed E-state index contributed by atoms with van der Waals surface area (Å²) in [4.78, 5) is 0. The van der Waals surface area contributed by atoms with Crippen LogP contribution in [0.3, 0.4) is 0 Å². The van der Waals surface area contributed by atoms with Crippen molar-refractivity contribution in [2.75, 3.05) is 0 Å². The van der Waals surface area contributed by atoms with Crippen molar-refractivity contribution in [1.82, 2.24) is 0 Å². The fraction of sp³-hybridized carbons (Fsp3) is 0.231. The highest BCUT2D eigenvalue weighted by Gasteiger charge is 2.14. The maximum Gasteiger partial charge on any atom is -0.00579 e. The lowest BCUT2D eigenvalue weighted by molar-refractivity contribution is 1.18. The van der Waals surface area contributed by atoms with E-state index in [1.165, 1.54) is 22.3 Å². The number of hydrogen-bond acceptors (Lipinski definition) is 0. The zero-order valence-electron chi connectivity index (χ0n) is 8.17. The summed E-state index contributed by atoms with van der Waals surface area (Å²) >= 11 is 0. The van der Waals surface area contributed by atoms with E-state index in [9.17, 15) is 0 Å². The second kappa shape index (κ2) is 3.21. The van der Waals surface area contributed by atoms with E-state index < -0.39 is 0 Å². The molecule has 0 heterocycles. The molecule has 0 saturated carbocycles. The predicted octanol–water partition coefficient (Wildman–Crippen LogP) is 3.71. The molecule has 2 aliphatic carbocycles. The monoisotopic (exact) mass is 170 g/mol. The first-order chi connectivity index (χ1) is 6.29. The smallest absolute Gasteiger partial charge is 0.00579 e. The molecule has 2 rings (SSSR count). The van der Waals surface area contributed by atoms with E-state index in [1.807, 2.05) is 0 Å². The van der Waals surface area contributed by atoms with Gasteiger partial charge in [0, 0.05) is 0 Å². The van der Waals surface area contributed by atoms with Gasteiger partial charge in [-0.1, -0.05) is 42.0 Å². The molecular weight excluding hydrogens is 156 g/mol. The molecule has 0 aromatic heterocycles. The highest BCUT2D eigenvalue weighted by molar-refractivity contribution is 5.56. The van der Waals surface area contributed by atoms with E-state index in [0.717, 1.165) is 6.42 Å². The van der Waals surface area contributed by atoms with Gasteiger partial charge in [0.25, 0.3) is 0 Å². The average molecular weight is 170 g/mol. The van der Waals surface area contributed by atoms with Crippen LogP contribution in [0.4, 0.5) is 0 Å². The molecule has 0 spiro atoms. The van der Waals surface area contributed by atoms with Crippen LogP contribution in [-0.4, -0.2) is 0 Å². The quantitative estimate of drug-likeness (QED) is 0.520. The van der Waals surface area contributed by atoms with Crippen molar-refractivity contribution in [3.63, 3.8) is 0 Å². The molecular formula is C13H14. The van der Waals surface area contributed by atoms with Crippen LogP contribution in [0.25, 0.3) is 0 Å². The average Bonchev–Trinajstić information content (AvgIpc) is 2.31. The van der Waals surface area contributed by atoms with Crippen molar-refractivity contribution in [2.24, 2.45) is 0 Å². The lowest BCUT2D eigenvalue weighted by atomic mass is 10.0. The third-order valence-electron chi connectivity index (χ3n) is 2.74. The molecule has 66 valence electrons. The fourth-order valence-corrected chi connectivity index (χ4v) is 1.82. The van der Waals surface area contributed by atoms with Gasteiger partial charge in [-0.3, -0.25) is 0 Å². The third-order valence-corrected chi connectivity index (χ3v) is 2.74. The van der Waals surface area contributed by atoms with Gasteiger partial charge in [-0.2, -0.15) is 0 Å². The summed E-state index contributed by atoms with van der Waals surface area (Å²) < 4.78 is 0. The Labute approximate surface area is 79.7 Å². The van der Waals surface area contributed by atoms with E-state index in [4.69, 9.17) is 0 Å². The fourth-order valence-electron chi connectivity index (χ4n) is 1.82. The second-order valence-corrected chi connectivity index (χ2v) is 3.62. The molecule has 0 aromatic rings. The number of rotatable bonds is 0. The van der Waals surface area contributed by atoms with Crippen LogP contribution in [0.1, 0.15) is 20.3 Å². The van der Waals surface area contributed by atoms with Crippen molar-refractivity contribution in [2.45, 2.75) is 20.3 Å². The molecule has 0 nitrogen and oxygen atoms in total. The first kappa shape index (κ1) is 8.31. The zero-order chi connectivity index (χ0) is 9.26. The van der Waals surface area contributed by atoms with Gasteiger partial charge in [-0.05, 0) is 37.0 Å². The third kappa shape index (κ3) is 1.44. The summed E-state index contributed by atoms with van der Waals surface area (Å²) in [7, 11) is 0. The van der Waals surface area contributed by atoms with Gasteiger partial charge in [-0.15, -0.1) is 0 Å². The van der Waals surface area contributed by atoms with Gasteiger partial charge in [0.15, 0.2) is 0 Å². The summed E-state index contributed by atoms with van der Waals surface area (Å²) in [6.45, 7) is 4.43. The predicted molar refractivity (Wildman–Crippen MR) is 57.4 cm³/mol. The van der Waals surface area contributed by atoms with E-state index in [0.29, 0.717) is 0 Å². The lowest BCUT2D eigenvalue weighted by Gasteiger charge is -2.00. The molecule has 0 aliphatic heterocycles. The molecule has 2 aliphatic rings. The summed E-state index contributed by atoms with van der Waals surface area (Å²) in [5, 5.41) is 0. The van der Waals surface area contributed by atoms with E-state index in [2.05, 4.69) is 50.3 Å². The number of hydrogen-bond donors (Lipinski definition) is 0. The van der Waals surface area contributed by atoms with Crippen LogP contribution in [0, 0.1) is 0 Å². The second-order valence-electron chi connectivity index (χ2n) is 3.62. The molecule has 0 atom stereocenters. The summed E-state index contributed by atoms with van der Waals surface area (Å²) in [5.74, 6) is 0. The molecule has 0 heteroatoms. The minimum Gasteiger partial charge on any atom is -0.0654 e. The lowest BCUT2D eigenvalue weighted by Crippen LogP contribution is -1.81. The minimum atomic E-state index is 1.12. The number of allylic oxidation sites excluding steroid dienone is 10. The normalized spacial score (nSPS) is 20.8. The first-order valence-electron chi connectivity index (χ1n) is 4.70. The molecule has 0 radical (unpaired) electrons.